The quantitative estimate of drug-likeness (QED) is 0.623. The largest absolute Gasteiger partial charge is 0.465 e. The molecular formula is C18H17NO3. The first-order valence-electron chi connectivity index (χ1n) is 7.10. The van der Waals surface area contributed by atoms with Crippen molar-refractivity contribution in [2.24, 2.45) is 4.99 Å². The molecule has 0 N–H and O–H groups in total. The number of aliphatic imine (C=N–C) groups is 1. The van der Waals surface area contributed by atoms with Crippen LogP contribution in [0.3, 0.4) is 0 Å². The van der Waals surface area contributed by atoms with Gasteiger partial charge in [0.1, 0.15) is 5.76 Å². The minimum absolute atomic E-state index is 0.0804. The molecule has 1 aliphatic heterocycles. The highest BCUT2D eigenvalue weighted by atomic mass is 16.6. The lowest BCUT2D eigenvalue weighted by Gasteiger charge is -2.18. The van der Waals surface area contributed by atoms with E-state index < -0.39 is 5.97 Å². The van der Waals surface area contributed by atoms with Crippen molar-refractivity contribution in [3.63, 3.8) is 0 Å². The summed E-state index contributed by atoms with van der Waals surface area (Å²) in [7, 11) is 0. The molecule has 2 heterocycles. The third-order valence-corrected chi connectivity index (χ3v) is 3.44. The summed E-state index contributed by atoms with van der Waals surface area (Å²) in [6.07, 6.45) is 3.11. The maximum atomic E-state index is 11.9. The molecule has 22 heavy (non-hydrogen) atoms. The Labute approximate surface area is 129 Å². The minimum atomic E-state index is -0.466. The van der Waals surface area contributed by atoms with Crippen LogP contribution in [0.1, 0.15) is 37.7 Å². The lowest BCUT2D eigenvalue weighted by atomic mass is 9.87. The molecule has 0 bridgehead atoms. The molecule has 0 aliphatic carbocycles. The van der Waals surface area contributed by atoms with Gasteiger partial charge in [0.25, 0.3) is 0 Å². The molecule has 0 atom stereocenters. The highest BCUT2D eigenvalue weighted by Crippen LogP contribution is 2.24. The summed E-state index contributed by atoms with van der Waals surface area (Å²) in [5.41, 5.74) is 2.32. The Kier molecular flexibility index (Phi) is 3.45. The molecule has 1 aromatic heterocycles. The fraction of sp³-hybridized carbons (Fsp3) is 0.222. The lowest BCUT2D eigenvalue weighted by Crippen LogP contribution is -2.11. The summed E-state index contributed by atoms with van der Waals surface area (Å²) in [6, 6.07) is 11.4. The number of esters is 1. The van der Waals surface area contributed by atoms with E-state index in [0.717, 1.165) is 5.56 Å². The highest BCUT2D eigenvalue weighted by molar-refractivity contribution is 6.12. The smallest absolute Gasteiger partial charge is 0.363 e. The zero-order valence-electron chi connectivity index (χ0n) is 12.8. The van der Waals surface area contributed by atoms with Crippen LogP contribution in [0.15, 0.2) is 57.8 Å². The summed E-state index contributed by atoms with van der Waals surface area (Å²) in [4.78, 5) is 16.1. The van der Waals surface area contributed by atoms with Gasteiger partial charge in [0.2, 0.25) is 5.90 Å². The second kappa shape index (κ2) is 5.30. The van der Waals surface area contributed by atoms with Gasteiger partial charge in [-0.25, -0.2) is 9.79 Å². The lowest BCUT2D eigenvalue weighted by molar-refractivity contribution is -0.129. The SMILES string of the molecule is CC(C)(C)c1ccc(C2=N/C(=C\c3ccco3)C(=O)O2)cc1. The van der Waals surface area contributed by atoms with Gasteiger partial charge in [-0.1, -0.05) is 32.9 Å². The number of cyclic esters (lactones) is 1. The van der Waals surface area contributed by atoms with Crippen LogP contribution in [0.4, 0.5) is 0 Å². The van der Waals surface area contributed by atoms with Crippen LogP contribution in [-0.4, -0.2) is 11.9 Å². The normalized spacial score (nSPS) is 16.8. The van der Waals surface area contributed by atoms with Gasteiger partial charge in [-0.05, 0) is 35.2 Å². The minimum Gasteiger partial charge on any atom is -0.465 e. The third kappa shape index (κ3) is 2.86. The average Bonchev–Trinajstić information content (AvgIpc) is 3.09. The van der Waals surface area contributed by atoms with Crippen molar-refractivity contribution in [2.45, 2.75) is 26.2 Å². The molecule has 3 rings (SSSR count). The fourth-order valence-corrected chi connectivity index (χ4v) is 2.15. The second-order valence-corrected chi connectivity index (χ2v) is 6.18. The van der Waals surface area contributed by atoms with E-state index in [0.29, 0.717) is 11.7 Å². The van der Waals surface area contributed by atoms with E-state index in [9.17, 15) is 4.79 Å². The molecule has 0 saturated carbocycles. The predicted molar refractivity (Wildman–Crippen MR) is 84.5 cm³/mol. The molecule has 0 fully saturated rings. The Morgan fingerprint density at radius 3 is 2.41 bits per heavy atom. The van der Waals surface area contributed by atoms with Gasteiger partial charge in [-0.3, -0.25) is 0 Å². The molecular weight excluding hydrogens is 278 g/mol. The van der Waals surface area contributed by atoms with E-state index >= 15 is 0 Å². The Hall–Kier alpha value is -2.62. The van der Waals surface area contributed by atoms with Crippen molar-refractivity contribution in [2.75, 3.05) is 0 Å². The van der Waals surface area contributed by atoms with Crippen molar-refractivity contribution in [1.82, 2.24) is 0 Å². The predicted octanol–water partition coefficient (Wildman–Crippen LogP) is 3.92. The van der Waals surface area contributed by atoms with Crippen LogP contribution >= 0.6 is 0 Å². The molecule has 0 saturated heterocycles. The van der Waals surface area contributed by atoms with Gasteiger partial charge in [-0.15, -0.1) is 0 Å². The maximum absolute atomic E-state index is 11.9. The Balaban J connectivity index is 1.88. The first-order chi connectivity index (χ1) is 10.4. The van der Waals surface area contributed by atoms with E-state index in [1.54, 1.807) is 24.5 Å². The van der Waals surface area contributed by atoms with Gasteiger partial charge in [0, 0.05) is 11.6 Å². The van der Waals surface area contributed by atoms with Crippen molar-refractivity contribution < 1.29 is 13.9 Å². The molecule has 1 aliphatic rings. The summed E-state index contributed by atoms with van der Waals surface area (Å²) >= 11 is 0. The molecule has 0 radical (unpaired) electrons. The van der Waals surface area contributed by atoms with Gasteiger partial charge in [-0.2, -0.15) is 0 Å². The summed E-state index contributed by atoms with van der Waals surface area (Å²) in [5, 5.41) is 0. The van der Waals surface area contributed by atoms with E-state index in [1.807, 2.05) is 24.3 Å². The van der Waals surface area contributed by atoms with Crippen LogP contribution in [0.25, 0.3) is 6.08 Å². The molecule has 4 nitrogen and oxygen atoms in total. The third-order valence-electron chi connectivity index (χ3n) is 3.44. The van der Waals surface area contributed by atoms with Crippen LogP contribution < -0.4 is 0 Å². The van der Waals surface area contributed by atoms with Gasteiger partial charge >= 0.3 is 5.97 Å². The maximum Gasteiger partial charge on any atom is 0.363 e. The number of carbonyl (C=O) groups excluding carboxylic acids is 1. The van der Waals surface area contributed by atoms with E-state index in [2.05, 4.69) is 25.8 Å². The average molecular weight is 295 g/mol. The Morgan fingerprint density at radius 1 is 1.09 bits per heavy atom. The molecule has 1 aromatic carbocycles. The first kappa shape index (κ1) is 14.3. The van der Waals surface area contributed by atoms with Crippen LogP contribution in [-0.2, 0) is 14.9 Å². The van der Waals surface area contributed by atoms with Crippen LogP contribution in [0.5, 0.6) is 0 Å². The zero-order chi connectivity index (χ0) is 15.7. The van der Waals surface area contributed by atoms with Gasteiger partial charge in [0.15, 0.2) is 5.70 Å². The standard InChI is InChI=1S/C18H17NO3/c1-18(2,3)13-8-6-12(7-9-13)16-19-15(17(20)22-16)11-14-5-4-10-21-14/h4-11H,1-3H3/b15-11-. The van der Waals surface area contributed by atoms with Crippen molar-refractivity contribution >= 4 is 17.9 Å². The van der Waals surface area contributed by atoms with Crippen LogP contribution in [0, 0.1) is 0 Å². The molecule has 0 spiro atoms. The molecule has 2 aromatic rings. The summed E-state index contributed by atoms with van der Waals surface area (Å²) < 4.78 is 10.4. The molecule has 4 heteroatoms. The summed E-state index contributed by atoms with van der Waals surface area (Å²) in [6.45, 7) is 6.46. The molecule has 0 amide bonds. The number of carbonyl (C=O) groups is 1. The van der Waals surface area contributed by atoms with E-state index in [-0.39, 0.29) is 11.1 Å². The van der Waals surface area contributed by atoms with Crippen LogP contribution in [0.2, 0.25) is 0 Å². The Bertz CT molecular complexity index is 745. The molecule has 0 unspecified atom stereocenters. The number of hydrogen-bond acceptors (Lipinski definition) is 4. The highest BCUT2D eigenvalue weighted by Gasteiger charge is 2.25. The fourth-order valence-electron chi connectivity index (χ4n) is 2.15. The Morgan fingerprint density at radius 2 is 1.82 bits per heavy atom. The second-order valence-electron chi connectivity index (χ2n) is 6.18. The van der Waals surface area contributed by atoms with Crippen molar-refractivity contribution in [3.8, 4) is 0 Å². The number of ether oxygens (including phenoxy) is 1. The zero-order valence-corrected chi connectivity index (χ0v) is 12.8. The van der Waals surface area contributed by atoms with Gasteiger partial charge in [0.05, 0.1) is 6.26 Å². The van der Waals surface area contributed by atoms with Gasteiger partial charge < -0.3 is 9.15 Å². The topological polar surface area (TPSA) is 51.8 Å². The van der Waals surface area contributed by atoms with E-state index in [4.69, 9.17) is 9.15 Å². The summed E-state index contributed by atoms with van der Waals surface area (Å²) in [5.74, 6) is 0.426. The van der Waals surface area contributed by atoms with E-state index in [1.165, 1.54) is 5.56 Å². The molecule has 112 valence electrons. The monoisotopic (exact) mass is 295 g/mol. The number of benzene rings is 1. The number of furan rings is 1. The number of rotatable bonds is 2. The van der Waals surface area contributed by atoms with Crippen molar-refractivity contribution in [3.05, 3.63) is 65.2 Å². The van der Waals surface area contributed by atoms with Crippen molar-refractivity contribution in [1.29, 1.82) is 0 Å². The number of nitrogens with zero attached hydrogens (tertiary/aromatic N) is 1. The number of hydrogen-bond donors (Lipinski definition) is 0. The first-order valence-corrected chi connectivity index (χ1v) is 7.10.